The molecule has 0 aromatic heterocycles. The van der Waals surface area contributed by atoms with Crippen molar-refractivity contribution in [1.82, 2.24) is 16.2 Å². The standard InChI is InChI=1S/C17H24BrFN4O2/c1-9(2)14-13(18)15(23-22-14)17(25)21-8-11(16(20)24)7-10-3-5-12(19)6-4-10/h3-6,9,11,13-15,22-23H,7-8H2,1-2H3,(H2,20,24)(H,21,25). The topological polar surface area (TPSA) is 96.2 Å². The Kier molecular flexibility index (Phi) is 6.92. The van der Waals surface area contributed by atoms with Gasteiger partial charge >= 0.3 is 0 Å². The van der Waals surface area contributed by atoms with Gasteiger partial charge in [-0.15, -0.1) is 0 Å². The minimum Gasteiger partial charge on any atom is -0.369 e. The van der Waals surface area contributed by atoms with Crippen LogP contribution in [0.1, 0.15) is 19.4 Å². The van der Waals surface area contributed by atoms with E-state index in [1.807, 2.05) is 0 Å². The van der Waals surface area contributed by atoms with E-state index in [1.165, 1.54) is 12.1 Å². The molecule has 1 heterocycles. The van der Waals surface area contributed by atoms with E-state index in [1.54, 1.807) is 12.1 Å². The molecule has 25 heavy (non-hydrogen) atoms. The van der Waals surface area contributed by atoms with Crippen LogP contribution in [0.3, 0.4) is 0 Å². The molecule has 1 saturated heterocycles. The first-order chi connectivity index (χ1) is 11.8. The Balaban J connectivity index is 1.91. The number of nitrogens with two attached hydrogens (primary N) is 1. The van der Waals surface area contributed by atoms with Crippen molar-refractivity contribution in [2.75, 3.05) is 6.54 Å². The summed E-state index contributed by atoms with van der Waals surface area (Å²) < 4.78 is 13.0. The second-order valence-corrected chi connectivity index (χ2v) is 7.71. The third-order valence-corrected chi connectivity index (χ3v) is 5.49. The van der Waals surface area contributed by atoms with E-state index >= 15 is 0 Å². The number of alkyl halides is 1. The number of benzene rings is 1. The molecule has 0 spiro atoms. The summed E-state index contributed by atoms with van der Waals surface area (Å²) in [6.45, 7) is 4.27. The molecule has 1 aliphatic rings. The number of nitrogens with one attached hydrogen (secondary N) is 3. The van der Waals surface area contributed by atoms with Crippen LogP contribution in [0.25, 0.3) is 0 Å². The first-order valence-corrected chi connectivity index (χ1v) is 9.17. The second-order valence-electron chi connectivity index (χ2n) is 6.66. The van der Waals surface area contributed by atoms with Gasteiger partial charge in [-0.3, -0.25) is 15.0 Å². The largest absolute Gasteiger partial charge is 0.369 e. The van der Waals surface area contributed by atoms with Crippen molar-refractivity contribution in [2.24, 2.45) is 17.6 Å². The number of rotatable bonds is 7. The number of hydrazine groups is 1. The molecule has 2 amide bonds. The number of carbonyl (C=O) groups is 2. The fraction of sp³-hybridized carbons (Fsp3) is 0.529. The smallest absolute Gasteiger partial charge is 0.239 e. The van der Waals surface area contributed by atoms with Crippen LogP contribution < -0.4 is 21.9 Å². The van der Waals surface area contributed by atoms with Gasteiger partial charge < -0.3 is 11.1 Å². The van der Waals surface area contributed by atoms with Crippen molar-refractivity contribution in [3.8, 4) is 0 Å². The number of hydrogen-bond donors (Lipinski definition) is 4. The highest BCUT2D eigenvalue weighted by Crippen LogP contribution is 2.21. The summed E-state index contributed by atoms with van der Waals surface area (Å²) in [5, 5.41) is 2.78. The molecule has 0 saturated carbocycles. The zero-order chi connectivity index (χ0) is 18.6. The van der Waals surface area contributed by atoms with Gasteiger partial charge in [-0.1, -0.05) is 41.9 Å². The van der Waals surface area contributed by atoms with Gasteiger partial charge in [0.05, 0.1) is 10.7 Å². The fourth-order valence-electron chi connectivity index (χ4n) is 2.81. The summed E-state index contributed by atoms with van der Waals surface area (Å²) in [5.41, 5.74) is 12.3. The number of halogens is 2. The van der Waals surface area contributed by atoms with Crippen molar-refractivity contribution < 1.29 is 14.0 Å². The highest BCUT2D eigenvalue weighted by molar-refractivity contribution is 9.09. The predicted molar refractivity (Wildman–Crippen MR) is 97.2 cm³/mol. The Bertz CT molecular complexity index is 611. The van der Waals surface area contributed by atoms with Gasteiger partial charge in [0.15, 0.2) is 0 Å². The molecule has 0 bridgehead atoms. The van der Waals surface area contributed by atoms with Gasteiger partial charge in [0.2, 0.25) is 11.8 Å². The molecule has 2 rings (SSSR count). The van der Waals surface area contributed by atoms with Crippen LogP contribution in [0.5, 0.6) is 0 Å². The van der Waals surface area contributed by atoms with Crippen LogP contribution in [0.4, 0.5) is 4.39 Å². The Morgan fingerprint density at radius 3 is 2.44 bits per heavy atom. The first-order valence-electron chi connectivity index (χ1n) is 8.26. The van der Waals surface area contributed by atoms with E-state index in [-0.39, 0.29) is 29.1 Å². The van der Waals surface area contributed by atoms with Gasteiger partial charge in [0.1, 0.15) is 11.9 Å². The maximum absolute atomic E-state index is 13.0. The average molecular weight is 415 g/mol. The molecule has 4 unspecified atom stereocenters. The van der Waals surface area contributed by atoms with Crippen molar-refractivity contribution in [3.63, 3.8) is 0 Å². The number of amides is 2. The van der Waals surface area contributed by atoms with E-state index in [2.05, 4.69) is 45.9 Å². The highest BCUT2D eigenvalue weighted by Gasteiger charge is 2.39. The van der Waals surface area contributed by atoms with Crippen molar-refractivity contribution >= 4 is 27.7 Å². The van der Waals surface area contributed by atoms with Gasteiger partial charge in [-0.05, 0) is 30.0 Å². The molecule has 8 heteroatoms. The summed E-state index contributed by atoms with van der Waals surface area (Å²) >= 11 is 3.56. The predicted octanol–water partition coefficient (Wildman–Crippen LogP) is 0.850. The summed E-state index contributed by atoms with van der Waals surface area (Å²) in [6.07, 6.45) is 0.346. The van der Waals surface area contributed by atoms with Gasteiger partial charge in [-0.25, -0.2) is 9.82 Å². The summed E-state index contributed by atoms with van der Waals surface area (Å²) in [6, 6.07) is 5.58. The lowest BCUT2D eigenvalue weighted by molar-refractivity contribution is -0.124. The lowest BCUT2D eigenvalue weighted by Crippen LogP contribution is -2.48. The van der Waals surface area contributed by atoms with Gasteiger partial charge in [0, 0.05) is 12.6 Å². The molecular weight excluding hydrogens is 391 g/mol. The molecule has 1 aliphatic heterocycles. The lowest BCUT2D eigenvalue weighted by Gasteiger charge is -2.20. The summed E-state index contributed by atoms with van der Waals surface area (Å²) in [4.78, 5) is 24.0. The first kappa shape index (κ1) is 19.8. The molecule has 5 N–H and O–H groups in total. The fourth-order valence-corrected chi connectivity index (χ4v) is 3.92. The third-order valence-electron chi connectivity index (χ3n) is 4.39. The molecule has 6 nitrogen and oxygen atoms in total. The summed E-state index contributed by atoms with van der Waals surface area (Å²) in [7, 11) is 0. The molecule has 1 aromatic rings. The van der Waals surface area contributed by atoms with E-state index in [4.69, 9.17) is 5.73 Å². The second kappa shape index (κ2) is 8.73. The minimum absolute atomic E-state index is 0.0587. The molecule has 0 aliphatic carbocycles. The normalized spacial score (nSPS) is 24.3. The Labute approximate surface area is 155 Å². The maximum Gasteiger partial charge on any atom is 0.239 e. The number of carbonyl (C=O) groups excluding carboxylic acids is 2. The molecule has 1 aromatic carbocycles. The summed E-state index contributed by atoms with van der Waals surface area (Å²) in [5.74, 6) is -1.25. The van der Waals surface area contributed by atoms with Crippen molar-refractivity contribution in [1.29, 1.82) is 0 Å². The molecule has 138 valence electrons. The van der Waals surface area contributed by atoms with Crippen LogP contribution in [0, 0.1) is 17.7 Å². The molecule has 1 fully saturated rings. The monoisotopic (exact) mass is 414 g/mol. The van der Waals surface area contributed by atoms with Crippen LogP contribution in [0.15, 0.2) is 24.3 Å². The molecular formula is C17H24BrFN4O2. The lowest BCUT2D eigenvalue weighted by atomic mass is 9.97. The van der Waals surface area contributed by atoms with E-state index in [9.17, 15) is 14.0 Å². The zero-order valence-electron chi connectivity index (χ0n) is 14.3. The van der Waals surface area contributed by atoms with E-state index < -0.39 is 17.9 Å². The maximum atomic E-state index is 13.0. The number of hydrogen-bond acceptors (Lipinski definition) is 4. The highest BCUT2D eigenvalue weighted by atomic mass is 79.9. The van der Waals surface area contributed by atoms with Crippen LogP contribution in [-0.4, -0.2) is 35.3 Å². The SMILES string of the molecule is CC(C)C1NNC(C(=O)NCC(Cc2ccc(F)cc2)C(N)=O)C1Br. The molecule has 4 atom stereocenters. The average Bonchev–Trinajstić information content (AvgIpc) is 2.94. The Morgan fingerprint density at radius 2 is 1.92 bits per heavy atom. The Morgan fingerprint density at radius 1 is 1.28 bits per heavy atom. The van der Waals surface area contributed by atoms with Crippen molar-refractivity contribution in [2.45, 2.75) is 37.2 Å². The van der Waals surface area contributed by atoms with Crippen molar-refractivity contribution in [3.05, 3.63) is 35.6 Å². The van der Waals surface area contributed by atoms with Crippen LogP contribution in [0.2, 0.25) is 0 Å². The minimum atomic E-state index is -0.557. The van der Waals surface area contributed by atoms with Crippen LogP contribution >= 0.6 is 15.9 Å². The molecule has 0 radical (unpaired) electrons. The van der Waals surface area contributed by atoms with Gasteiger partial charge in [-0.2, -0.15) is 0 Å². The van der Waals surface area contributed by atoms with Gasteiger partial charge in [0.25, 0.3) is 0 Å². The van der Waals surface area contributed by atoms with E-state index in [0.717, 1.165) is 5.56 Å². The quantitative estimate of drug-likeness (QED) is 0.497. The Hall–Kier alpha value is -1.51. The zero-order valence-corrected chi connectivity index (χ0v) is 15.8. The third kappa shape index (κ3) is 5.23. The van der Waals surface area contributed by atoms with E-state index in [0.29, 0.717) is 12.3 Å². The van der Waals surface area contributed by atoms with Crippen LogP contribution in [-0.2, 0) is 16.0 Å². The number of primary amides is 1.